The van der Waals surface area contributed by atoms with E-state index in [0.29, 0.717) is 18.1 Å². The molecule has 7 nitrogen and oxygen atoms in total. The normalized spacial score (nSPS) is 19.5. The Morgan fingerprint density at radius 3 is 2.78 bits per heavy atom. The number of aromatic nitrogens is 2. The maximum absolute atomic E-state index is 9.45. The number of thiocarbonyl (C=S) groups is 1. The van der Waals surface area contributed by atoms with Crippen LogP contribution in [0.25, 0.3) is 5.69 Å². The van der Waals surface area contributed by atoms with Crippen molar-refractivity contribution in [3.8, 4) is 17.2 Å². The van der Waals surface area contributed by atoms with E-state index in [1.54, 1.807) is 0 Å². The van der Waals surface area contributed by atoms with E-state index in [1.807, 2.05) is 36.5 Å². The molecule has 4 heterocycles. The standard InChI is InChI=1S/C24H26N4O3S/c1-15-12-18(16(2)28(15)17-7-8-20-21(13-17)31-14-30-20)23-22(19-6-3-4-9-25-19)26-24(32)27(23)10-5-11-29/h3-4,6-9,12-13,22-23,29H,5,10-11,14H2,1-2H3,(H,26,32)/t22-,23-/m1/s1. The Hall–Kier alpha value is -3.10. The van der Waals surface area contributed by atoms with Gasteiger partial charge in [-0.3, -0.25) is 4.98 Å². The molecule has 0 unspecified atom stereocenters. The first-order chi connectivity index (χ1) is 15.6. The maximum atomic E-state index is 9.45. The number of nitrogens with one attached hydrogen (secondary N) is 1. The molecule has 0 bridgehead atoms. The number of hydrogen-bond donors (Lipinski definition) is 2. The number of aliphatic hydroxyl groups is 1. The average Bonchev–Trinajstić information content (AvgIpc) is 3.48. The smallest absolute Gasteiger partial charge is 0.231 e. The van der Waals surface area contributed by atoms with Gasteiger partial charge in [0.25, 0.3) is 0 Å². The zero-order valence-electron chi connectivity index (χ0n) is 18.1. The van der Waals surface area contributed by atoms with E-state index in [0.717, 1.165) is 34.3 Å². The van der Waals surface area contributed by atoms with Crippen molar-refractivity contribution < 1.29 is 14.6 Å². The number of aliphatic hydroxyl groups excluding tert-OH is 1. The van der Waals surface area contributed by atoms with Crippen LogP contribution in [0.5, 0.6) is 11.5 Å². The molecule has 166 valence electrons. The van der Waals surface area contributed by atoms with Gasteiger partial charge in [0.1, 0.15) is 0 Å². The molecule has 0 aliphatic carbocycles. The second-order valence-electron chi connectivity index (χ2n) is 8.10. The zero-order valence-corrected chi connectivity index (χ0v) is 18.9. The molecule has 0 radical (unpaired) electrons. The van der Waals surface area contributed by atoms with E-state index in [4.69, 9.17) is 21.7 Å². The molecule has 1 fully saturated rings. The number of nitrogens with zero attached hydrogens (tertiary/aromatic N) is 3. The summed E-state index contributed by atoms with van der Waals surface area (Å²) in [6.07, 6.45) is 2.46. The average molecular weight is 451 g/mol. The second kappa shape index (κ2) is 8.44. The van der Waals surface area contributed by atoms with Crippen LogP contribution in [0.4, 0.5) is 0 Å². The lowest BCUT2D eigenvalue weighted by Crippen LogP contribution is -2.31. The van der Waals surface area contributed by atoms with Gasteiger partial charge in [0, 0.05) is 42.5 Å². The van der Waals surface area contributed by atoms with Gasteiger partial charge >= 0.3 is 0 Å². The molecule has 0 amide bonds. The molecule has 0 spiro atoms. The summed E-state index contributed by atoms with van der Waals surface area (Å²) in [5.74, 6) is 1.53. The molecule has 2 aliphatic heterocycles. The van der Waals surface area contributed by atoms with Gasteiger partial charge in [0.2, 0.25) is 6.79 Å². The van der Waals surface area contributed by atoms with Crippen LogP contribution in [0, 0.1) is 13.8 Å². The highest BCUT2D eigenvalue weighted by Crippen LogP contribution is 2.42. The summed E-state index contributed by atoms with van der Waals surface area (Å²) in [5.41, 5.74) is 5.41. The van der Waals surface area contributed by atoms with Crippen LogP contribution in [-0.2, 0) is 0 Å². The van der Waals surface area contributed by atoms with Crippen molar-refractivity contribution in [1.82, 2.24) is 19.8 Å². The molecule has 5 rings (SSSR count). The van der Waals surface area contributed by atoms with Crippen molar-refractivity contribution in [3.63, 3.8) is 0 Å². The second-order valence-corrected chi connectivity index (χ2v) is 8.48. The Balaban J connectivity index is 1.59. The molecule has 2 aliphatic rings. The van der Waals surface area contributed by atoms with Crippen LogP contribution in [0.3, 0.4) is 0 Å². The van der Waals surface area contributed by atoms with Crippen molar-refractivity contribution in [2.24, 2.45) is 0 Å². The summed E-state index contributed by atoms with van der Waals surface area (Å²) in [7, 11) is 0. The molecule has 2 N–H and O–H groups in total. The Bertz CT molecular complexity index is 1150. The Kier molecular flexibility index (Phi) is 5.48. The summed E-state index contributed by atoms with van der Waals surface area (Å²) >= 11 is 5.71. The van der Waals surface area contributed by atoms with Gasteiger partial charge in [0.15, 0.2) is 16.6 Å². The molecule has 1 saturated heterocycles. The monoisotopic (exact) mass is 450 g/mol. The topological polar surface area (TPSA) is 71.8 Å². The summed E-state index contributed by atoms with van der Waals surface area (Å²) in [6, 6.07) is 14.1. The molecule has 0 saturated carbocycles. The van der Waals surface area contributed by atoms with Crippen molar-refractivity contribution in [3.05, 3.63) is 71.3 Å². The first-order valence-electron chi connectivity index (χ1n) is 10.8. The quantitative estimate of drug-likeness (QED) is 0.556. The van der Waals surface area contributed by atoms with Crippen LogP contribution in [0.2, 0.25) is 0 Å². The number of hydrogen-bond acceptors (Lipinski definition) is 5. The van der Waals surface area contributed by atoms with E-state index < -0.39 is 0 Å². The lowest BCUT2D eigenvalue weighted by atomic mass is 9.96. The largest absolute Gasteiger partial charge is 0.454 e. The van der Waals surface area contributed by atoms with Crippen LogP contribution in [-0.4, -0.2) is 44.6 Å². The fourth-order valence-electron chi connectivity index (χ4n) is 4.73. The van der Waals surface area contributed by atoms with Gasteiger partial charge in [-0.1, -0.05) is 6.07 Å². The third-order valence-corrected chi connectivity index (χ3v) is 6.51. The number of fused-ring (bicyclic) bond motifs is 1. The van der Waals surface area contributed by atoms with Crippen LogP contribution >= 0.6 is 12.2 Å². The minimum absolute atomic E-state index is 0.0297. The van der Waals surface area contributed by atoms with Gasteiger partial charge in [-0.15, -0.1) is 0 Å². The summed E-state index contributed by atoms with van der Waals surface area (Å²) in [4.78, 5) is 6.78. The number of rotatable bonds is 6. The van der Waals surface area contributed by atoms with Gasteiger partial charge in [-0.25, -0.2) is 0 Å². The fourth-order valence-corrected chi connectivity index (χ4v) is 5.07. The Morgan fingerprint density at radius 2 is 2.00 bits per heavy atom. The summed E-state index contributed by atoms with van der Waals surface area (Å²) < 4.78 is 13.3. The number of aryl methyl sites for hydroxylation is 1. The lowest BCUT2D eigenvalue weighted by Gasteiger charge is -2.28. The van der Waals surface area contributed by atoms with E-state index in [2.05, 4.69) is 45.7 Å². The van der Waals surface area contributed by atoms with Crippen LogP contribution < -0.4 is 14.8 Å². The van der Waals surface area contributed by atoms with Crippen LogP contribution in [0.15, 0.2) is 48.7 Å². The Morgan fingerprint density at radius 1 is 1.16 bits per heavy atom. The summed E-state index contributed by atoms with van der Waals surface area (Å²) in [5, 5.41) is 13.6. The van der Waals surface area contributed by atoms with Crippen molar-refractivity contribution in [2.75, 3.05) is 19.9 Å². The highest BCUT2D eigenvalue weighted by Gasteiger charge is 2.41. The molecule has 1 aromatic carbocycles. The number of ether oxygens (including phenoxy) is 2. The van der Waals surface area contributed by atoms with E-state index in [1.165, 1.54) is 5.56 Å². The van der Waals surface area contributed by atoms with Crippen molar-refractivity contribution >= 4 is 17.3 Å². The molecular weight excluding hydrogens is 424 g/mol. The molecule has 2 aromatic heterocycles. The van der Waals surface area contributed by atoms with Gasteiger partial charge < -0.3 is 29.4 Å². The molecule has 8 heteroatoms. The Labute approximate surface area is 192 Å². The van der Waals surface area contributed by atoms with Crippen molar-refractivity contribution in [2.45, 2.75) is 32.4 Å². The minimum atomic E-state index is -0.0758. The molecule has 2 atom stereocenters. The van der Waals surface area contributed by atoms with Gasteiger partial charge in [0.05, 0.1) is 17.8 Å². The highest BCUT2D eigenvalue weighted by molar-refractivity contribution is 7.80. The third-order valence-electron chi connectivity index (χ3n) is 6.16. The van der Waals surface area contributed by atoms with Gasteiger partial charge in [-0.05, 0) is 68.4 Å². The predicted octanol–water partition coefficient (Wildman–Crippen LogP) is 3.57. The predicted molar refractivity (Wildman–Crippen MR) is 125 cm³/mol. The summed E-state index contributed by atoms with van der Waals surface area (Å²) in [6.45, 7) is 5.29. The minimum Gasteiger partial charge on any atom is -0.454 e. The SMILES string of the molecule is Cc1cc([C@@H]2[C@@H](c3ccccn3)NC(=S)N2CCCO)c(C)n1-c1ccc2c(c1)OCO2. The first-order valence-corrected chi connectivity index (χ1v) is 11.2. The molecular formula is C24H26N4O3S. The maximum Gasteiger partial charge on any atom is 0.231 e. The zero-order chi connectivity index (χ0) is 22.2. The first kappa shape index (κ1) is 20.8. The molecule has 32 heavy (non-hydrogen) atoms. The highest BCUT2D eigenvalue weighted by atomic mass is 32.1. The van der Waals surface area contributed by atoms with Gasteiger partial charge in [-0.2, -0.15) is 0 Å². The van der Waals surface area contributed by atoms with Crippen molar-refractivity contribution in [1.29, 1.82) is 0 Å². The number of benzene rings is 1. The van der Waals surface area contributed by atoms with Crippen LogP contribution in [0.1, 0.15) is 41.1 Å². The third kappa shape index (κ3) is 3.49. The lowest BCUT2D eigenvalue weighted by molar-refractivity contribution is 0.174. The number of pyridine rings is 1. The van der Waals surface area contributed by atoms with E-state index in [-0.39, 0.29) is 25.5 Å². The van der Waals surface area contributed by atoms with E-state index >= 15 is 0 Å². The fraction of sp³-hybridized carbons (Fsp3) is 0.333. The van der Waals surface area contributed by atoms with E-state index in [9.17, 15) is 5.11 Å². The molecule has 3 aromatic rings.